The SMILES string of the molecule is C=CCc1cc(/C=C(/C#N)c2cccc(Cl)c2)cc(OCC)c1O. The Morgan fingerprint density at radius 2 is 2.17 bits per heavy atom. The van der Waals surface area contributed by atoms with E-state index in [9.17, 15) is 10.4 Å². The molecule has 0 aliphatic heterocycles. The summed E-state index contributed by atoms with van der Waals surface area (Å²) in [6.07, 6.45) is 3.97. The molecule has 0 amide bonds. The minimum atomic E-state index is 0.107. The largest absolute Gasteiger partial charge is 0.504 e. The van der Waals surface area contributed by atoms with Crippen molar-refractivity contribution >= 4 is 23.3 Å². The number of hydrogen-bond acceptors (Lipinski definition) is 3. The van der Waals surface area contributed by atoms with Gasteiger partial charge in [-0.05, 0) is 54.8 Å². The molecule has 0 fully saturated rings. The fourth-order valence-corrected chi connectivity index (χ4v) is 2.54. The van der Waals surface area contributed by atoms with Crippen LogP contribution in [0.5, 0.6) is 11.5 Å². The molecule has 2 rings (SSSR count). The van der Waals surface area contributed by atoms with Crippen LogP contribution in [0.2, 0.25) is 5.02 Å². The molecule has 2 aromatic carbocycles. The Bertz CT molecular complexity index is 819. The van der Waals surface area contributed by atoms with Crippen LogP contribution in [0.3, 0.4) is 0 Å². The van der Waals surface area contributed by atoms with E-state index in [2.05, 4.69) is 12.6 Å². The molecule has 0 aliphatic rings. The second kappa shape index (κ2) is 8.24. The normalized spacial score (nSPS) is 11.0. The van der Waals surface area contributed by atoms with Gasteiger partial charge in [0, 0.05) is 10.6 Å². The number of allylic oxidation sites excluding steroid dienone is 2. The van der Waals surface area contributed by atoms with E-state index in [1.807, 2.05) is 19.1 Å². The van der Waals surface area contributed by atoms with Crippen LogP contribution in [-0.2, 0) is 6.42 Å². The predicted octanol–water partition coefficient (Wildman–Crippen LogP) is 5.24. The summed E-state index contributed by atoms with van der Waals surface area (Å²) in [7, 11) is 0. The summed E-state index contributed by atoms with van der Waals surface area (Å²) in [6.45, 7) is 5.99. The molecule has 24 heavy (non-hydrogen) atoms. The number of halogens is 1. The summed E-state index contributed by atoms with van der Waals surface area (Å²) in [5, 5.41) is 20.3. The van der Waals surface area contributed by atoms with Gasteiger partial charge in [-0.2, -0.15) is 5.26 Å². The van der Waals surface area contributed by atoms with Crippen molar-refractivity contribution in [2.24, 2.45) is 0 Å². The van der Waals surface area contributed by atoms with Gasteiger partial charge in [0.25, 0.3) is 0 Å². The number of benzene rings is 2. The first-order valence-electron chi connectivity index (χ1n) is 7.56. The third kappa shape index (κ3) is 4.18. The number of nitrogens with zero attached hydrogens (tertiary/aromatic N) is 1. The minimum Gasteiger partial charge on any atom is -0.504 e. The molecule has 0 bridgehead atoms. The summed E-state index contributed by atoms with van der Waals surface area (Å²) >= 11 is 6.00. The highest BCUT2D eigenvalue weighted by Gasteiger charge is 2.10. The van der Waals surface area contributed by atoms with Crippen LogP contribution in [0.15, 0.2) is 49.1 Å². The quantitative estimate of drug-likeness (QED) is 0.445. The molecule has 0 aliphatic carbocycles. The van der Waals surface area contributed by atoms with E-state index in [0.29, 0.717) is 34.9 Å². The lowest BCUT2D eigenvalue weighted by Crippen LogP contribution is -1.95. The van der Waals surface area contributed by atoms with Gasteiger partial charge < -0.3 is 9.84 Å². The maximum atomic E-state index is 10.2. The lowest BCUT2D eigenvalue weighted by Gasteiger charge is -2.11. The van der Waals surface area contributed by atoms with Gasteiger partial charge in [-0.3, -0.25) is 0 Å². The van der Waals surface area contributed by atoms with Gasteiger partial charge in [-0.1, -0.05) is 29.8 Å². The molecule has 0 saturated carbocycles. The third-order valence-electron chi connectivity index (χ3n) is 3.41. The molecule has 0 heterocycles. The average Bonchev–Trinajstić information content (AvgIpc) is 2.57. The molecule has 0 radical (unpaired) electrons. The average molecular weight is 340 g/mol. The fraction of sp³-hybridized carbons (Fsp3) is 0.150. The van der Waals surface area contributed by atoms with Gasteiger partial charge >= 0.3 is 0 Å². The molecule has 0 atom stereocenters. The first-order valence-corrected chi connectivity index (χ1v) is 7.94. The molecule has 1 N–H and O–H groups in total. The van der Waals surface area contributed by atoms with Gasteiger partial charge in [0.05, 0.1) is 18.2 Å². The highest BCUT2D eigenvalue weighted by Crippen LogP contribution is 2.34. The van der Waals surface area contributed by atoms with Gasteiger partial charge in [-0.25, -0.2) is 0 Å². The number of aromatic hydroxyl groups is 1. The van der Waals surface area contributed by atoms with Crippen LogP contribution in [-0.4, -0.2) is 11.7 Å². The first kappa shape index (κ1) is 17.7. The highest BCUT2D eigenvalue weighted by atomic mass is 35.5. The second-order valence-electron chi connectivity index (χ2n) is 5.13. The number of rotatable bonds is 6. The predicted molar refractivity (Wildman–Crippen MR) is 98.1 cm³/mol. The van der Waals surface area contributed by atoms with Gasteiger partial charge in [0.1, 0.15) is 0 Å². The van der Waals surface area contributed by atoms with Crippen molar-refractivity contribution in [2.45, 2.75) is 13.3 Å². The minimum absolute atomic E-state index is 0.107. The van der Waals surface area contributed by atoms with Crippen LogP contribution in [0.1, 0.15) is 23.6 Å². The summed E-state index contributed by atoms with van der Waals surface area (Å²) in [4.78, 5) is 0. The summed E-state index contributed by atoms with van der Waals surface area (Å²) in [6, 6.07) is 12.9. The van der Waals surface area contributed by atoms with Gasteiger partial charge in [0.2, 0.25) is 0 Å². The van der Waals surface area contributed by atoms with E-state index in [0.717, 1.165) is 11.1 Å². The van der Waals surface area contributed by atoms with Crippen molar-refractivity contribution in [3.8, 4) is 17.6 Å². The van der Waals surface area contributed by atoms with E-state index < -0.39 is 0 Å². The first-order chi connectivity index (χ1) is 11.6. The summed E-state index contributed by atoms with van der Waals surface area (Å²) in [5.74, 6) is 0.502. The third-order valence-corrected chi connectivity index (χ3v) is 3.64. The molecule has 2 aromatic rings. The van der Waals surface area contributed by atoms with E-state index in [4.69, 9.17) is 16.3 Å². The molecule has 4 heteroatoms. The molecule has 0 spiro atoms. The maximum absolute atomic E-state index is 10.2. The molecule has 0 unspecified atom stereocenters. The van der Waals surface area contributed by atoms with E-state index in [-0.39, 0.29) is 5.75 Å². The van der Waals surface area contributed by atoms with E-state index >= 15 is 0 Å². The van der Waals surface area contributed by atoms with Crippen LogP contribution in [0, 0.1) is 11.3 Å². The Morgan fingerprint density at radius 1 is 1.38 bits per heavy atom. The number of ether oxygens (including phenoxy) is 1. The molecule has 0 aromatic heterocycles. The van der Waals surface area contributed by atoms with Crippen molar-refractivity contribution in [1.29, 1.82) is 5.26 Å². The number of phenolic OH excluding ortho intramolecular Hbond substituents is 1. The summed E-state index contributed by atoms with van der Waals surface area (Å²) < 4.78 is 5.49. The molecule has 0 saturated heterocycles. The van der Waals surface area contributed by atoms with Crippen LogP contribution in [0.4, 0.5) is 0 Å². The lowest BCUT2D eigenvalue weighted by atomic mass is 10.0. The lowest BCUT2D eigenvalue weighted by molar-refractivity contribution is 0.317. The van der Waals surface area contributed by atoms with Crippen molar-refractivity contribution in [1.82, 2.24) is 0 Å². The standard InChI is InChI=1S/C20H18ClNO2/c1-3-6-16-9-14(11-19(20(16)23)24-4-2)10-17(13-22)15-7-5-8-18(21)12-15/h3,5,7-12,23H,1,4,6H2,2H3/b17-10-. The molecular weight excluding hydrogens is 322 g/mol. The summed E-state index contributed by atoms with van der Waals surface area (Å²) in [5.41, 5.74) is 2.69. The van der Waals surface area contributed by atoms with Crippen molar-refractivity contribution in [3.63, 3.8) is 0 Å². The zero-order valence-electron chi connectivity index (χ0n) is 13.4. The van der Waals surface area contributed by atoms with Crippen molar-refractivity contribution in [2.75, 3.05) is 6.61 Å². The molecular formula is C20H18ClNO2. The fourth-order valence-electron chi connectivity index (χ4n) is 2.35. The van der Waals surface area contributed by atoms with Crippen LogP contribution >= 0.6 is 11.6 Å². The Balaban J connectivity index is 2.53. The van der Waals surface area contributed by atoms with Crippen LogP contribution < -0.4 is 4.74 Å². The second-order valence-corrected chi connectivity index (χ2v) is 5.57. The Hall–Kier alpha value is -2.70. The zero-order valence-corrected chi connectivity index (χ0v) is 14.2. The van der Waals surface area contributed by atoms with E-state index in [1.165, 1.54) is 0 Å². The monoisotopic (exact) mass is 339 g/mol. The number of nitriles is 1. The molecule has 3 nitrogen and oxygen atoms in total. The molecule has 122 valence electrons. The highest BCUT2D eigenvalue weighted by molar-refractivity contribution is 6.30. The Labute approximate surface area is 147 Å². The zero-order chi connectivity index (χ0) is 17.5. The van der Waals surface area contributed by atoms with Crippen molar-refractivity contribution in [3.05, 3.63) is 70.8 Å². The number of hydrogen-bond donors (Lipinski definition) is 1. The van der Waals surface area contributed by atoms with E-state index in [1.54, 1.807) is 36.4 Å². The number of phenols is 1. The Morgan fingerprint density at radius 3 is 2.79 bits per heavy atom. The van der Waals surface area contributed by atoms with Crippen LogP contribution in [0.25, 0.3) is 11.6 Å². The van der Waals surface area contributed by atoms with Gasteiger partial charge in [-0.15, -0.1) is 6.58 Å². The topological polar surface area (TPSA) is 53.2 Å². The van der Waals surface area contributed by atoms with Crippen molar-refractivity contribution < 1.29 is 9.84 Å². The smallest absolute Gasteiger partial charge is 0.161 e. The van der Waals surface area contributed by atoms with Gasteiger partial charge in [0.15, 0.2) is 11.5 Å². The maximum Gasteiger partial charge on any atom is 0.161 e. The Kier molecular flexibility index (Phi) is 6.06.